The van der Waals surface area contributed by atoms with E-state index in [9.17, 15) is 9.59 Å². The van der Waals surface area contributed by atoms with Crippen LogP contribution in [0.5, 0.6) is 5.75 Å². The van der Waals surface area contributed by atoms with Gasteiger partial charge in [-0.15, -0.1) is 0 Å². The van der Waals surface area contributed by atoms with Crippen molar-refractivity contribution in [2.24, 2.45) is 0 Å². The fourth-order valence-corrected chi connectivity index (χ4v) is 1.32. The van der Waals surface area contributed by atoms with Crippen molar-refractivity contribution >= 4 is 17.5 Å². The third-order valence-corrected chi connectivity index (χ3v) is 2.41. The van der Waals surface area contributed by atoms with Gasteiger partial charge in [-0.05, 0) is 17.7 Å². The molecule has 100 valence electrons. The second-order valence-corrected chi connectivity index (χ2v) is 3.65. The average molecular weight is 262 g/mol. The minimum Gasteiger partial charge on any atom is -0.497 e. The smallest absolute Gasteiger partial charge is 0.441 e. The molecule has 0 amide bonds. The molecule has 0 N–H and O–H groups in total. The number of ketones is 1. The molecule has 6 nitrogen and oxygen atoms in total. The number of esters is 1. The molecular weight excluding hydrogens is 248 g/mol. The zero-order valence-electron chi connectivity index (χ0n) is 10.8. The first-order chi connectivity index (χ1) is 9.12. The van der Waals surface area contributed by atoms with Crippen LogP contribution in [0.25, 0.3) is 5.53 Å². The lowest BCUT2D eigenvalue weighted by Crippen LogP contribution is -2.26. The van der Waals surface area contributed by atoms with Gasteiger partial charge in [0.15, 0.2) is 0 Å². The minimum atomic E-state index is -0.940. The molecule has 0 aliphatic carbocycles. The number of benzene rings is 1. The van der Waals surface area contributed by atoms with Crippen molar-refractivity contribution in [3.8, 4) is 5.75 Å². The highest BCUT2D eigenvalue weighted by Gasteiger charge is 2.29. The van der Waals surface area contributed by atoms with E-state index in [0.29, 0.717) is 5.75 Å². The molecule has 0 aromatic heterocycles. The van der Waals surface area contributed by atoms with Gasteiger partial charge >= 0.3 is 11.7 Å². The second-order valence-electron chi connectivity index (χ2n) is 3.65. The Bertz CT molecular complexity index is 516. The topological polar surface area (TPSA) is 89.0 Å². The largest absolute Gasteiger partial charge is 0.497 e. The highest BCUT2D eigenvalue weighted by Crippen LogP contribution is 2.12. The lowest BCUT2D eigenvalue weighted by atomic mass is 10.2. The Morgan fingerprint density at radius 3 is 2.37 bits per heavy atom. The highest BCUT2D eigenvalue weighted by atomic mass is 16.5. The van der Waals surface area contributed by atoms with E-state index < -0.39 is 17.5 Å². The Hall–Kier alpha value is -2.46. The summed E-state index contributed by atoms with van der Waals surface area (Å²) in [6.07, 6.45) is 0.0665. The number of Topliss-reactive ketones (excluding diaryl/α,β-unsaturated/α-hetero) is 1. The third-order valence-electron chi connectivity index (χ3n) is 2.41. The van der Waals surface area contributed by atoms with Gasteiger partial charge in [0, 0.05) is 6.42 Å². The number of hydrogen-bond acceptors (Lipinski definition) is 4. The van der Waals surface area contributed by atoms with Gasteiger partial charge in [-0.25, -0.2) is 4.79 Å². The van der Waals surface area contributed by atoms with E-state index in [1.54, 1.807) is 38.3 Å². The van der Waals surface area contributed by atoms with Gasteiger partial charge in [0.05, 0.1) is 7.11 Å². The number of carbonyl (C=O) groups excluding carboxylic acids is 2. The summed E-state index contributed by atoms with van der Waals surface area (Å²) in [5, 5.41) is 0. The fraction of sp³-hybridized carbons (Fsp3) is 0.308. The predicted octanol–water partition coefficient (Wildman–Crippen LogP) is 1.39. The zero-order valence-corrected chi connectivity index (χ0v) is 10.8. The van der Waals surface area contributed by atoms with Gasteiger partial charge < -0.3 is 15.0 Å². The van der Waals surface area contributed by atoms with Gasteiger partial charge in [-0.3, -0.25) is 4.79 Å². The Labute approximate surface area is 110 Å². The Kier molecular flexibility index (Phi) is 5.44. The maximum absolute atomic E-state index is 11.5. The quantitative estimate of drug-likeness (QED) is 0.255. The van der Waals surface area contributed by atoms with E-state index in [4.69, 9.17) is 15.0 Å². The summed E-state index contributed by atoms with van der Waals surface area (Å²) in [5.74, 6) is -0.818. The molecule has 0 spiro atoms. The maximum Gasteiger partial charge on any atom is 0.441 e. The van der Waals surface area contributed by atoms with E-state index in [2.05, 4.69) is 4.79 Å². The van der Waals surface area contributed by atoms with Crippen molar-refractivity contribution in [1.29, 1.82) is 0 Å². The molecule has 0 saturated carbocycles. The summed E-state index contributed by atoms with van der Waals surface area (Å²) in [4.78, 5) is 25.5. The van der Waals surface area contributed by atoms with Gasteiger partial charge in [0.1, 0.15) is 12.4 Å². The molecule has 19 heavy (non-hydrogen) atoms. The summed E-state index contributed by atoms with van der Waals surface area (Å²) in [6.45, 7) is 1.54. The first kappa shape index (κ1) is 14.6. The molecule has 0 saturated heterocycles. The summed E-state index contributed by atoms with van der Waals surface area (Å²) in [6, 6.07) is 6.90. The lowest BCUT2D eigenvalue weighted by molar-refractivity contribution is -0.143. The van der Waals surface area contributed by atoms with Crippen molar-refractivity contribution in [3.05, 3.63) is 35.4 Å². The third kappa shape index (κ3) is 4.04. The number of methoxy groups -OCH3 is 1. The standard InChI is InChI=1S/C13H14N2O4/c1-3-11(16)12(15-14)13(17)19-8-9-4-6-10(18-2)7-5-9/h4-7H,3,8H2,1-2H3. The molecule has 1 aromatic rings. The molecule has 0 unspecified atom stereocenters. The van der Waals surface area contributed by atoms with Crippen LogP contribution in [-0.4, -0.2) is 29.4 Å². The van der Waals surface area contributed by atoms with Gasteiger partial charge in [0.25, 0.3) is 5.78 Å². The maximum atomic E-state index is 11.5. The van der Waals surface area contributed by atoms with Crippen LogP contribution in [0.1, 0.15) is 18.9 Å². The van der Waals surface area contributed by atoms with Crippen LogP contribution >= 0.6 is 0 Å². The number of rotatable bonds is 6. The van der Waals surface area contributed by atoms with E-state index in [0.717, 1.165) is 5.56 Å². The van der Waals surface area contributed by atoms with Crippen molar-refractivity contribution in [1.82, 2.24) is 0 Å². The zero-order chi connectivity index (χ0) is 14.3. The van der Waals surface area contributed by atoms with E-state index in [1.807, 2.05) is 0 Å². The number of nitrogens with zero attached hydrogens (tertiary/aromatic N) is 2. The SMILES string of the molecule is CCC(=O)C(=[N+]=[N-])C(=O)OCc1ccc(OC)cc1. The van der Waals surface area contributed by atoms with Crippen molar-refractivity contribution in [2.75, 3.05) is 7.11 Å². The molecule has 6 heteroatoms. The highest BCUT2D eigenvalue weighted by molar-refractivity contribution is 6.62. The molecule has 0 aliphatic heterocycles. The van der Waals surface area contributed by atoms with Gasteiger partial charge in [-0.1, -0.05) is 19.1 Å². The summed E-state index contributed by atoms with van der Waals surface area (Å²) < 4.78 is 9.88. The summed E-state index contributed by atoms with van der Waals surface area (Å²) in [7, 11) is 1.55. The number of carbonyl (C=O) groups is 2. The second kappa shape index (κ2) is 7.08. The van der Waals surface area contributed by atoms with Crippen LogP contribution in [-0.2, 0) is 20.9 Å². The average Bonchev–Trinajstić information content (AvgIpc) is 2.46. The van der Waals surface area contributed by atoms with Crippen LogP contribution in [0.4, 0.5) is 0 Å². The van der Waals surface area contributed by atoms with Crippen molar-refractivity contribution in [3.63, 3.8) is 0 Å². The monoisotopic (exact) mass is 262 g/mol. The minimum absolute atomic E-state index is 0.0150. The Morgan fingerprint density at radius 2 is 1.89 bits per heavy atom. The van der Waals surface area contributed by atoms with E-state index in [-0.39, 0.29) is 13.0 Å². The van der Waals surface area contributed by atoms with E-state index >= 15 is 0 Å². The molecule has 0 heterocycles. The molecule has 0 atom stereocenters. The van der Waals surface area contributed by atoms with Gasteiger partial charge in [0.2, 0.25) is 0 Å². The van der Waals surface area contributed by atoms with Crippen LogP contribution in [0.2, 0.25) is 0 Å². The van der Waals surface area contributed by atoms with Crippen LogP contribution in [0.15, 0.2) is 24.3 Å². The van der Waals surface area contributed by atoms with Crippen LogP contribution in [0, 0.1) is 0 Å². The van der Waals surface area contributed by atoms with Crippen molar-refractivity contribution < 1.29 is 23.9 Å². The van der Waals surface area contributed by atoms with Gasteiger partial charge in [-0.2, -0.15) is 4.79 Å². The molecule has 0 bridgehead atoms. The molecular formula is C13H14N2O4. The first-order valence-corrected chi connectivity index (χ1v) is 5.67. The molecule has 1 aromatic carbocycles. The Morgan fingerprint density at radius 1 is 1.26 bits per heavy atom. The van der Waals surface area contributed by atoms with E-state index in [1.165, 1.54) is 0 Å². The predicted molar refractivity (Wildman–Crippen MR) is 66.7 cm³/mol. The molecule has 0 aliphatic rings. The summed E-state index contributed by atoms with van der Waals surface area (Å²) >= 11 is 0. The lowest BCUT2D eigenvalue weighted by Gasteiger charge is -2.03. The van der Waals surface area contributed by atoms with Crippen molar-refractivity contribution in [2.45, 2.75) is 20.0 Å². The van der Waals surface area contributed by atoms with Crippen LogP contribution in [0.3, 0.4) is 0 Å². The molecule has 0 fully saturated rings. The fourth-order valence-electron chi connectivity index (χ4n) is 1.32. The van der Waals surface area contributed by atoms with Crippen LogP contribution < -0.4 is 4.74 Å². The number of ether oxygens (including phenoxy) is 2. The number of hydrogen-bond donors (Lipinski definition) is 0. The summed E-state index contributed by atoms with van der Waals surface area (Å²) in [5.41, 5.74) is 8.76. The first-order valence-electron chi connectivity index (χ1n) is 5.67. The normalized spacial score (nSPS) is 9.37. The molecule has 1 rings (SSSR count). The Balaban J connectivity index is 2.63. The molecule has 0 radical (unpaired) electrons.